The Morgan fingerprint density at radius 1 is 0.905 bits per heavy atom. The number of para-hydroxylation sites is 1. The van der Waals surface area contributed by atoms with E-state index in [1.165, 1.54) is 11.1 Å². The third-order valence-electron chi connectivity index (χ3n) is 4.22. The van der Waals surface area contributed by atoms with Gasteiger partial charge in [0.25, 0.3) is 0 Å². The molecule has 21 heavy (non-hydrogen) atoms. The van der Waals surface area contributed by atoms with E-state index in [1.54, 1.807) is 0 Å². The highest BCUT2D eigenvalue weighted by atomic mass is 35.5. The standard InChI is InChI=1S/C18H21ClN2/c1-15-6-2-3-7-16(15)14-20-10-12-21(13-11-20)18-9-5-4-8-17(18)19/h2-9H,10-14H2,1H3. The molecule has 1 fully saturated rings. The Bertz CT molecular complexity index is 604. The van der Waals surface area contributed by atoms with Crippen molar-refractivity contribution in [3.63, 3.8) is 0 Å². The highest BCUT2D eigenvalue weighted by molar-refractivity contribution is 6.33. The van der Waals surface area contributed by atoms with Crippen molar-refractivity contribution in [2.45, 2.75) is 13.5 Å². The molecule has 0 N–H and O–H groups in total. The third-order valence-corrected chi connectivity index (χ3v) is 4.54. The smallest absolute Gasteiger partial charge is 0.0639 e. The highest BCUT2D eigenvalue weighted by Gasteiger charge is 2.18. The van der Waals surface area contributed by atoms with Crippen molar-refractivity contribution in [2.75, 3.05) is 31.1 Å². The summed E-state index contributed by atoms with van der Waals surface area (Å²) in [6, 6.07) is 16.8. The lowest BCUT2D eigenvalue weighted by Gasteiger charge is -2.36. The third kappa shape index (κ3) is 3.39. The average molecular weight is 301 g/mol. The lowest BCUT2D eigenvalue weighted by Crippen LogP contribution is -2.46. The van der Waals surface area contributed by atoms with E-state index in [4.69, 9.17) is 11.6 Å². The molecular weight excluding hydrogens is 280 g/mol. The SMILES string of the molecule is Cc1ccccc1CN1CCN(c2ccccc2Cl)CC1. The second-order valence-electron chi connectivity index (χ2n) is 5.64. The molecule has 0 amide bonds. The molecule has 0 spiro atoms. The van der Waals surface area contributed by atoms with Gasteiger partial charge in [0.15, 0.2) is 0 Å². The molecule has 0 saturated carbocycles. The molecule has 0 bridgehead atoms. The molecule has 2 nitrogen and oxygen atoms in total. The maximum Gasteiger partial charge on any atom is 0.0639 e. The second-order valence-corrected chi connectivity index (χ2v) is 6.05. The molecule has 3 rings (SSSR count). The number of hydrogen-bond donors (Lipinski definition) is 0. The minimum atomic E-state index is 0.852. The lowest BCUT2D eigenvalue weighted by molar-refractivity contribution is 0.249. The predicted octanol–water partition coefficient (Wildman–Crippen LogP) is 3.97. The fourth-order valence-electron chi connectivity index (χ4n) is 2.88. The van der Waals surface area contributed by atoms with Gasteiger partial charge in [0.05, 0.1) is 10.7 Å². The van der Waals surface area contributed by atoms with Crippen molar-refractivity contribution >= 4 is 17.3 Å². The molecule has 1 saturated heterocycles. The van der Waals surface area contributed by atoms with Gasteiger partial charge >= 0.3 is 0 Å². The predicted molar refractivity (Wildman–Crippen MR) is 90.1 cm³/mol. The molecule has 1 heterocycles. The molecule has 3 heteroatoms. The van der Waals surface area contributed by atoms with Crippen molar-refractivity contribution in [2.24, 2.45) is 0 Å². The number of rotatable bonds is 3. The van der Waals surface area contributed by atoms with Gasteiger partial charge in [0.1, 0.15) is 0 Å². The first-order valence-electron chi connectivity index (χ1n) is 7.50. The number of benzene rings is 2. The van der Waals surface area contributed by atoms with Crippen LogP contribution in [0.3, 0.4) is 0 Å². The fraction of sp³-hybridized carbons (Fsp3) is 0.333. The van der Waals surface area contributed by atoms with Crippen LogP contribution >= 0.6 is 11.6 Å². The molecular formula is C18H21ClN2. The zero-order valence-corrected chi connectivity index (χ0v) is 13.2. The molecule has 1 aliphatic rings. The Balaban J connectivity index is 1.61. The van der Waals surface area contributed by atoms with Crippen LogP contribution in [0.5, 0.6) is 0 Å². The number of aryl methyl sites for hydroxylation is 1. The minimum Gasteiger partial charge on any atom is -0.368 e. The highest BCUT2D eigenvalue weighted by Crippen LogP contribution is 2.26. The molecule has 0 aromatic heterocycles. The van der Waals surface area contributed by atoms with Gasteiger partial charge in [0.2, 0.25) is 0 Å². The Morgan fingerprint density at radius 2 is 1.57 bits per heavy atom. The van der Waals surface area contributed by atoms with Gasteiger partial charge in [-0.2, -0.15) is 0 Å². The maximum atomic E-state index is 6.29. The van der Waals surface area contributed by atoms with Crippen LogP contribution in [0.15, 0.2) is 48.5 Å². The molecule has 0 unspecified atom stereocenters. The fourth-order valence-corrected chi connectivity index (χ4v) is 3.14. The number of nitrogens with zero attached hydrogens (tertiary/aromatic N) is 2. The molecule has 110 valence electrons. The molecule has 2 aromatic rings. The Morgan fingerprint density at radius 3 is 2.29 bits per heavy atom. The van der Waals surface area contributed by atoms with Gasteiger partial charge in [-0.05, 0) is 30.2 Å². The summed E-state index contributed by atoms with van der Waals surface area (Å²) in [6.07, 6.45) is 0. The average Bonchev–Trinajstić information content (AvgIpc) is 2.51. The van der Waals surface area contributed by atoms with Crippen LogP contribution in [0.2, 0.25) is 5.02 Å². The van der Waals surface area contributed by atoms with Crippen LogP contribution in [0.4, 0.5) is 5.69 Å². The van der Waals surface area contributed by atoms with Gasteiger partial charge in [-0.25, -0.2) is 0 Å². The monoisotopic (exact) mass is 300 g/mol. The largest absolute Gasteiger partial charge is 0.368 e. The minimum absolute atomic E-state index is 0.852. The first-order valence-corrected chi connectivity index (χ1v) is 7.88. The number of piperazine rings is 1. The van der Waals surface area contributed by atoms with E-state index in [0.29, 0.717) is 0 Å². The number of anilines is 1. The summed E-state index contributed by atoms with van der Waals surface area (Å²) in [5, 5.41) is 0.852. The summed E-state index contributed by atoms with van der Waals surface area (Å²) in [5.74, 6) is 0. The van der Waals surface area contributed by atoms with E-state index < -0.39 is 0 Å². The summed E-state index contributed by atoms with van der Waals surface area (Å²) in [6.45, 7) is 7.47. The molecule has 0 radical (unpaired) electrons. The first-order chi connectivity index (χ1) is 10.2. The Kier molecular flexibility index (Phi) is 4.47. The van der Waals surface area contributed by atoms with Crippen LogP contribution in [0.25, 0.3) is 0 Å². The zero-order valence-electron chi connectivity index (χ0n) is 12.4. The summed E-state index contributed by atoms with van der Waals surface area (Å²) >= 11 is 6.29. The molecule has 1 aliphatic heterocycles. The van der Waals surface area contributed by atoms with Crippen LogP contribution in [-0.2, 0) is 6.54 Å². The Hall–Kier alpha value is -1.51. The number of halogens is 1. The van der Waals surface area contributed by atoms with Gasteiger partial charge in [0, 0.05) is 32.7 Å². The molecule has 0 atom stereocenters. The second kappa shape index (κ2) is 6.50. The van der Waals surface area contributed by atoms with E-state index >= 15 is 0 Å². The van der Waals surface area contributed by atoms with Gasteiger partial charge < -0.3 is 4.90 Å². The van der Waals surface area contributed by atoms with Gasteiger partial charge in [-0.1, -0.05) is 48.0 Å². The van der Waals surface area contributed by atoms with E-state index in [0.717, 1.165) is 43.4 Å². The van der Waals surface area contributed by atoms with E-state index in [9.17, 15) is 0 Å². The van der Waals surface area contributed by atoms with Crippen LogP contribution in [-0.4, -0.2) is 31.1 Å². The summed E-state index contributed by atoms with van der Waals surface area (Å²) in [4.78, 5) is 4.91. The maximum absolute atomic E-state index is 6.29. The van der Waals surface area contributed by atoms with E-state index in [1.807, 2.05) is 12.1 Å². The van der Waals surface area contributed by atoms with Crippen molar-refractivity contribution < 1.29 is 0 Å². The van der Waals surface area contributed by atoms with E-state index in [2.05, 4.69) is 53.1 Å². The van der Waals surface area contributed by atoms with Gasteiger partial charge in [-0.3, -0.25) is 4.90 Å². The van der Waals surface area contributed by atoms with Gasteiger partial charge in [-0.15, -0.1) is 0 Å². The zero-order chi connectivity index (χ0) is 14.7. The molecule has 0 aliphatic carbocycles. The van der Waals surface area contributed by atoms with Crippen molar-refractivity contribution in [1.82, 2.24) is 4.90 Å². The topological polar surface area (TPSA) is 6.48 Å². The van der Waals surface area contributed by atoms with Crippen molar-refractivity contribution in [3.05, 3.63) is 64.7 Å². The lowest BCUT2D eigenvalue weighted by atomic mass is 10.1. The summed E-state index contributed by atoms with van der Waals surface area (Å²) < 4.78 is 0. The first kappa shape index (κ1) is 14.4. The van der Waals surface area contributed by atoms with Crippen LogP contribution < -0.4 is 4.90 Å². The van der Waals surface area contributed by atoms with Crippen molar-refractivity contribution in [3.8, 4) is 0 Å². The number of hydrogen-bond acceptors (Lipinski definition) is 2. The normalized spacial score (nSPS) is 16.2. The summed E-state index contributed by atoms with van der Waals surface area (Å²) in [7, 11) is 0. The Labute approximate surface area is 131 Å². The van der Waals surface area contributed by atoms with Crippen molar-refractivity contribution in [1.29, 1.82) is 0 Å². The van der Waals surface area contributed by atoms with E-state index in [-0.39, 0.29) is 0 Å². The summed E-state index contributed by atoms with van der Waals surface area (Å²) in [5.41, 5.74) is 3.98. The van der Waals surface area contributed by atoms with Crippen LogP contribution in [0.1, 0.15) is 11.1 Å². The van der Waals surface area contributed by atoms with Crippen LogP contribution in [0, 0.1) is 6.92 Å². The molecule has 2 aromatic carbocycles. The quantitative estimate of drug-likeness (QED) is 0.846.